The number of oxazole rings is 1. The van der Waals surface area contributed by atoms with Crippen molar-refractivity contribution in [3.8, 4) is 22.8 Å². The van der Waals surface area contributed by atoms with E-state index in [1.165, 1.54) is 32.4 Å². The Morgan fingerprint density at radius 3 is 2.78 bits per heavy atom. The fourth-order valence-corrected chi connectivity index (χ4v) is 5.08. The molecule has 1 atom stereocenters. The van der Waals surface area contributed by atoms with Crippen LogP contribution in [0.4, 0.5) is 0 Å². The second-order valence-electron chi connectivity index (χ2n) is 8.09. The number of likely N-dealkylation sites (tertiary alicyclic amines) is 1. The van der Waals surface area contributed by atoms with E-state index in [-0.39, 0.29) is 11.0 Å². The maximum atomic E-state index is 10.3. The third-order valence-corrected chi connectivity index (χ3v) is 6.88. The van der Waals surface area contributed by atoms with E-state index in [0.717, 1.165) is 35.6 Å². The normalized spacial score (nSPS) is 15.5. The first kappa shape index (κ1) is 22.7. The van der Waals surface area contributed by atoms with Gasteiger partial charge in [0.1, 0.15) is 16.7 Å². The highest BCUT2D eigenvalue weighted by Crippen LogP contribution is 2.40. The molecule has 2 aromatic carbocycles. The lowest BCUT2D eigenvalue weighted by Gasteiger charge is -2.26. The van der Waals surface area contributed by atoms with E-state index in [1.807, 2.05) is 42.5 Å². The molecule has 170 valence electrons. The molecule has 32 heavy (non-hydrogen) atoms. The van der Waals surface area contributed by atoms with Gasteiger partial charge >= 0.3 is 0 Å². The van der Waals surface area contributed by atoms with Gasteiger partial charge in [-0.3, -0.25) is 0 Å². The van der Waals surface area contributed by atoms with Crippen LogP contribution in [-0.2, 0) is 0 Å². The Kier molecular flexibility index (Phi) is 8.13. The Hall–Kier alpha value is -2.44. The highest BCUT2D eigenvalue weighted by atomic mass is 32.2. The molecule has 1 aliphatic heterocycles. The van der Waals surface area contributed by atoms with Crippen LogP contribution in [0, 0.1) is 0 Å². The van der Waals surface area contributed by atoms with Crippen molar-refractivity contribution < 1.29 is 14.3 Å². The van der Waals surface area contributed by atoms with Crippen LogP contribution in [0.3, 0.4) is 0 Å². The van der Waals surface area contributed by atoms with Crippen molar-refractivity contribution in [3.05, 3.63) is 66.2 Å². The van der Waals surface area contributed by atoms with Gasteiger partial charge in [-0.25, -0.2) is 4.98 Å². The van der Waals surface area contributed by atoms with Crippen LogP contribution in [0.2, 0.25) is 0 Å². The van der Waals surface area contributed by atoms with Gasteiger partial charge in [0, 0.05) is 17.7 Å². The first-order chi connectivity index (χ1) is 15.7. The van der Waals surface area contributed by atoms with Crippen molar-refractivity contribution in [3.63, 3.8) is 0 Å². The lowest BCUT2D eigenvalue weighted by atomic mass is 10.1. The Morgan fingerprint density at radius 2 is 1.97 bits per heavy atom. The Labute approximate surface area is 194 Å². The number of ether oxygens (including phenoxy) is 1. The van der Waals surface area contributed by atoms with Gasteiger partial charge in [-0.2, -0.15) is 0 Å². The highest BCUT2D eigenvalue weighted by molar-refractivity contribution is 7.99. The quantitative estimate of drug-likeness (QED) is 0.373. The zero-order valence-electron chi connectivity index (χ0n) is 18.7. The summed E-state index contributed by atoms with van der Waals surface area (Å²) >= 11 is 1.69. The number of rotatable bonds is 10. The molecule has 0 radical (unpaired) electrons. The van der Waals surface area contributed by atoms with Gasteiger partial charge in [0.2, 0.25) is 5.89 Å². The van der Waals surface area contributed by atoms with E-state index in [1.54, 1.807) is 24.0 Å². The van der Waals surface area contributed by atoms with Gasteiger partial charge in [0.05, 0.1) is 12.8 Å². The summed E-state index contributed by atoms with van der Waals surface area (Å²) in [7, 11) is 0. The molecule has 3 aromatic rings. The van der Waals surface area contributed by atoms with Crippen molar-refractivity contribution in [1.29, 1.82) is 0 Å². The van der Waals surface area contributed by atoms with E-state index in [0.29, 0.717) is 18.3 Å². The molecule has 1 N–H and O–H groups in total. The zero-order chi connectivity index (χ0) is 22.2. The molecular weight excluding hydrogens is 420 g/mol. The summed E-state index contributed by atoms with van der Waals surface area (Å²) in [5.41, 5.74) is 1.76. The number of piperidine rings is 1. The number of nitrogens with zero attached hydrogens (tertiary/aromatic N) is 2. The maximum absolute atomic E-state index is 10.3. The van der Waals surface area contributed by atoms with E-state index < -0.39 is 0 Å². The number of para-hydroxylation sites is 1. The van der Waals surface area contributed by atoms with Gasteiger partial charge < -0.3 is 19.2 Å². The number of hydrogen-bond donors (Lipinski definition) is 1. The summed E-state index contributed by atoms with van der Waals surface area (Å²) in [6.45, 7) is 6.36. The average Bonchev–Trinajstić information content (AvgIpc) is 3.32. The molecular formula is C26H32N2O3S. The Balaban J connectivity index is 1.40. The van der Waals surface area contributed by atoms with Crippen LogP contribution in [0.5, 0.6) is 11.5 Å². The third kappa shape index (κ3) is 5.87. The van der Waals surface area contributed by atoms with Gasteiger partial charge in [-0.05, 0) is 56.3 Å². The summed E-state index contributed by atoms with van der Waals surface area (Å²) in [6, 6.07) is 15.4. The summed E-state index contributed by atoms with van der Waals surface area (Å²) in [6.07, 6.45) is 6.81. The largest absolute Gasteiger partial charge is 0.508 e. The molecule has 0 aliphatic carbocycles. The third-order valence-electron chi connectivity index (χ3n) is 5.76. The number of hydrogen-bond acceptors (Lipinski definition) is 6. The summed E-state index contributed by atoms with van der Waals surface area (Å²) < 4.78 is 12.2. The van der Waals surface area contributed by atoms with Crippen LogP contribution < -0.4 is 4.74 Å². The first-order valence-electron chi connectivity index (χ1n) is 11.6. The molecule has 0 amide bonds. The Morgan fingerprint density at radius 1 is 1.12 bits per heavy atom. The number of benzene rings is 2. The predicted octanol–water partition coefficient (Wildman–Crippen LogP) is 6.14. The monoisotopic (exact) mass is 452 g/mol. The summed E-state index contributed by atoms with van der Waals surface area (Å²) in [5.74, 6) is 3.30. The van der Waals surface area contributed by atoms with Crippen LogP contribution in [-0.4, -0.2) is 47.0 Å². The highest BCUT2D eigenvalue weighted by Gasteiger charge is 2.23. The van der Waals surface area contributed by atoms with Gasteiger partial charge in [0.15, 0.2) is 5.76 Å². The average molecular weight is 453 g/mol. The Bertz CT molecular complexity index is 984. The first-order valence-corrected chi connectivity index (χ1v) is 12.6. The van der Waals surface area contributed by atoms with Gasteiger partial charge in [-0.1, -0.05) is 43.7 Å². The fourth-order valence-electron chi connectivity index (χ4n) is 4.11. The molecule has 1 saturated heterocycles. The number of thioether (sulfide) groups is 1. The molecule has 1 aliphatic rings. The van der Waals surface area contributed by atoms with Crippen molar-refractivity contribution in [2.24, 2.45) is 0 Å². The van der Waals surface area contributed by atoms with Crippen LogP contribution in [0.15, 0.2) is 59.1 Å². The minimum atomic E-state index is -0.149. The number of phenolic OH excluding ortho intramolecular Hbond substituents is 1. The molecule has 1 aromatic heterocycles. The molecule has 4 rings (SSSR count). The predicted molar refractivity (Wildman–Crippen MR) is 130 cm³/mol. The topological polar surface area (TPSA) is 58.7 Å². The van der Waals surface area contributed by atoms with Crippen LogP contribution >= 0.6 is 11.8 Å². The van der Waals surface area contributed by atoms with E-state index in [2.05, 4.69) is 16.8 Å². The summed E-state index contributed by atoms with van der Waals surface area (Å²) in [4.78, 5) is 7.08. The SMILES string of the molecule is CCSC(c1ncc(-c2cccc(OCCCN3CCCCC3)c2)o1)c1ccccc1O. The molecule has 0 bridgehead atoms. The minimum Gasteiger partial charge on any atom is -0.508 e. The molecule has 0 spiro atoms. The smallest absolute Gasteiger partial charge is 0.212 e. The minimum absolute atomic E-state index is 0.149. The lowest BCUT2D eigenvalue weighted by Crippen LogP contribution is -2.31. The molecule has 6 heteroatoms. The van der Waals surface area contributed by atoms with E-state index in [4.69, 9.17) is 9.15 Å². The molecule has 1 unspecified atom stereocenters. The maximum Gasteiger partial charge on any atom is 0.212 e. The molecule has 2 heterocycles. The van der Waals surface area contributed by atoms with Crippen molar-refractivity contribution in [2.75, 3.05) is 32.0 Å². The molecule has 0 saturated carbocycles. The number of aromatic nitrogens is 1. The number of phenols is 1. The van der Waals surface area contributed by atoms with E-state index >= 15 is 0 Å². The second kappa shape index (κ2) is 11.4. The molecule has 5 nitrogen and oxygen atoms in total. The van der Waals surface area contributed by atoms with Crippen molar-refractivity contribution in [2.45, 2.75) is 37.9 Å². The number of aromatic hydroxyl groups is 1. The van der Waals surface area contributed by atoms with Crippen LogP contribution in [0.1, 0.15) is 49.3 Å². The van der Waals surface area contributed by atoms with Crippen LogP contribution in [0.25, 0.3) is 11.3 Å². The van der Waals surface area contributed by atoms with Crippen molar-refractivity contribution >= 4 is 11.8 Å². The second-order valence-corrected chi connectivity index (χ2v) is 9.47. The van der Waals surface area contributed by atoms with Gasteiger partial charge in [-0.15, -0.1) is 11.8 Å². The fraction of sp³-hybridized carbons (Fsp3) is 0.423. The van der Waals surface area contributed by atoms with Gasteiger partial charge in [0.25, 0.3) is 0 Å². The van der Waals surface area contributed by atoms with E-state index in [9.17, 15) is 5.11 Å². The summed E-state index contributed by atoms with van der Waals surface area (Å²) in [5, 5.41) is 10.2. The zero-order valence-corrected chi connectivity index (χ0v) is 19.5. The van der Waals surface area contributed by atoms with Crippen molar-refractivity contribution in [1.82, 2.24) is 9.88 Å². The lowest BCUT2D eigenvalue weighted by molar-refractivity contribution is 0.205. The molecule has 1 fully saturated rings. The standard InChI is InChI=1S/C26H32N2O3S/c1-2-32-25(22-12-4-5-13-23(22)29)26-27-19-24(31-26)20-10-8-11-21(18-20)30-17-9-16-28-14-6-3-7-15-28/h4-5,8,10-13,18-19,25,29H,2-3,6-7,9,14-17H2,1H3.